The van der Waals surface area contributed by atoms with E-state index in [1.807, 2.05) is 0 Å². The largest absolute Gasteiger partial charge is 0.407 e. The summed E-state index contributed by atoms with van der Waals surface area (Å²) in [7, 11) is 0. The third-order valence-electron chi connectivity index (χ3n) is 1.29. The average molecular weight is 177 g/mol. The second-order valence-electron chi connectivity index (χ2n) is 2.19. The van der Waals surface area contributed by atoms with E-state index in [4.69, 9.17) is 5.73 Å². The van der Waals surface area contributed by atoms with Crippen LogP contribution in [0.5, 0.6) is 0 Å². The lowest BCUT2D eigenvalue weighted by Crippen LogP contribution is -2.28. The van der Waals surface area contributed by atoms with Crippen LogP contribution in [-0.4, -0.2) is 16.1 Å². The second-order valence-corrected chi connectivity index (χ2v) is 2.19. The second kappa shape index (κ2) is 3.06. The third kappa shape index (κ3) is 1.91. The summed E-state index contributed by atoms with van der Waals surface area (Å²) in [5.74, 6) is 0. The predicted molar refractivity (Wildman–Crippen MR) is 35.0 cm³/mol. The smallest absolute Gasteiger partial charge is 0.316 e. The van der Waals surface area contributed by atoms with E-state index < -0.39 is 12.2 Å². The SMILES string of the molecule is N[C@@H](c1cncnc1)C(F)(F)F. The Balaban J connectivity index is 2.86. The van der Waals surface area contributed by atoms with Crippen molar-refractivity contribution in [1.29, 1.82) is 0 Å². The highest BCUT2D eigenvalue weighted by Crippen LogP contribution is 2.29. The van der Waals surface area contributed by atoms with Gasteiger partial charge in [0.05, 0.1) is 0 Å². The van der Waals surface area contributed by atoms with Gasteiger partial charge in [0.25, 0.3) is 0 Å². The first-order valence-corrected chi connectivity index (χ1v) is 3.09. The van der Waals surface area contributed by atoms with E-state index in [-0.39, 0.29) is 5.56 Å². The summed E-state index contributed by atoms with van der Waals surface area (Å²) in [5.41, 5.74) is 4.73. The molecular formula is C6H6F3N3. The van der Waals surface area contributed by atoms with E-state index in [2.05, 4.69) is 9.97 Å². The summed E-state index contributed by atoms with van der Waals surface area (Å²) in [6, 6.07) is -2.00. The van der Waals surface area contributed by atoms with Crippen molar-refractivity contribution in [2.45, 2.75) is 12.2 Å². The lowest BCUT2D eigenvalue weighted by atomic mass is 10.1. The summed E-state index contributed by atoms with van der Waals surface area (Å²) < 4.78 is 35.9. The van der Waals surface area contributed by atoms with Gasteiger partial charge in [0.1, 0.15) is 12.4 Å². The highest BCUT2D eigenvalue weighted by Gasteiger charge is 2.38. The lowest BCUT2D eigenvalue weighted by Gasteiger charge is -2.14. The van der Waals surface area contributed by atoms with Gasteiger partial charge >= 0.3 is 6.18 Å². The molecule has 0 amide bonds. The van der Waals surface area contributed by atoms with Crippen molar-refractivity contribution in [3.63, 3.8) is 0 Å². The first-order valence-electron chi connectivity index (χ1n) is 3.09. The molecule has 1 rings (SSSR count). The van der Waals surface area contributed by atoms with Crippen molar-refractivity contribution in [2.24, 2.45) is 5.73 Å². The van der Waals surface area contributed by atoms with Crippen molar-refractivity contribution in [3.8, 4) is 0 Å². The maximum absolute atomic E-state index is 12.0. The molecule has 3 nitrogen and oxygen atoms in total. The molecule has 0 aliphatic carbocycles. The Hall–Kier alpha value is -1.17. The first kappa shape index (κ1) is 8.92. The molecule has 2 N–H and O–H groups in total. The van der Waals surface area contributed by atoms with Gasteiger partial charge in [-0.05, 0) is 0 Å². The van der Waals surface area contributed by atoms with E-state index in [0.29, 0.717) is 0 Å². The zero-order valence-corrected chi connectivity index (χ0v) is 5.92. The summed E-state index contributed by atoms with van der Waals surface area (Å²) in [4.78, 5) is 6.86. The summed E-state index contributed by atoms with van der Waals surface area (Å²) in [6.45, 7) is 0. The van der Waals surface area contributed by atoms with Crippen LogP contribution >= 0.6 is 0 Å². The van der Waals surface area contributed by atoms with Crippen LogP contribution in [0.4, 0.5) is 13.2 Å². The Morgan fingerprint density at radius 1 is 1.25 bits per heavy atom. The van der Waals surface area contributed by atoms with Crippen LogP contribution in [0.15, 0.2) is 18.7 Å². The van der Waals surface area contributed by atoms with Crippen LogP contribution in [0, 0.1) is 0 Å². The van der Waals surface area contributed by atoms with Gasteiger partial charge in [-0.3, -0.25) is 0 Å². The maximum Gasteiger partial charge on any atom is 0.407 e. The molecule has 0 saturated heterocycles. The van der Waals surface area contributed by atoms with Crippen molar-refractivity contribution >= 4 is 0 Å². The zero-order chi connectivity index (χ0) is 9.19. The van der Waals surface area contributed by atoms with Crippen LogP contribution in [0.25, 0.3) is 0 Å². The third-order valence-corrected chi connectivity index (χ3v) is 1.29. The van der Waals surface area contributed by atoms with Gasteiger partial charge in [0, 0.05) is 18.0 Å². The normalized spacial score (nSPS) is 14.3. The topological polar surface area (TPSA) is 51.8 Å². The van der Waals surface area contributed by atoms with Crippen LogP contribution in [-0.2, 0) is 0 Å². The molecule has 0 radical (unpaired) electrons. The number of alkyl halides is 3. The zero-order valence-electron chi connectivity index (χ0n) is 5.92. The molecule has 0 spiro atoms. The first-order chi connectivity index (χ1) is 5.52. The minimum absolute atomic E-state index is 0.134. The molecule has 6 heteroatoms. The van der Waals surface area contributed by atoms with E-state index in [0.717, 1.165) is 18.7 Å². The quantitative estimate of drug-likeness (QED) is 0.697. The highest BCUT2D eigenvalue weighted by atomic mass is 19.4. The number of aromatic nitrogens is 2. The van der Waals surface area contributed by atoms with Crippen molar-refractivity contribution in [3.05, 3.63) is 24.3 Å². The lowest BCUT2D eigenvalue weighted by molar-refractivity contribution is -0.149. The van der Waals surface area contributed by atoms with Gasteiger partial charge in [-0.1, -0.05) is 0 Å². The molecule has 0 aliphatic rings. The van der Waals surface area contributed by atoms with E-state index in [1.54, 1.807) is 0 Å². The molecule has 66 valence electrons. The van der Waals surface area contributed by atoms with Gasteiger partial charge in [-0.25, -0.2) is 9.97 Å². The standard InChI is InChI=1S/C6H6F3N3/c7-6(8,9)5(10)4-1-11-3-12-2-4/h1-3,5H,10H2/t5-/m0/s1. The van der Waals surface area contributed by atoms with Crippen LogP contribution in [0.3, 0.4) is 0 Å². The number of hydrogen-bond acceptors (Lipinski definition) is 3. The number of rotatable bonds is 1. The van der Waals surface area contributed by atoms with E-state index in [9.17, 15) is 13.2 Å². The molecule has 0 fully saturated rings. The van der Waals surface area contributed by atoms with Gasteiger partial charge in [0.2, 0.25) is 0 Å². The van der Waals surface area contributed by atoms with Gasteiger partial charge < -0.3 is 5.73 Å². The Bertz CT molecular complexity index is 246. The molecule has 1 aromatic heterocycles. The fraction of sp³-hybridized carbons (Fsp3) is 0.333. The fourth-order valence-electron chi connectivity index (χ4n) is 0.660. The molecule has 0 bridgehead atoms. The fourth-order valence-corrected chi connectivity index (χ4v) is 0.660. The molecule has 0 saturated carbocycles. The molecule has 1 heterocycles. The Kier molecular flexibility index (Phi) is 2.27. The molecule has 0 unspecified atom stereocenters. The van der Waals surface area contributed by atoms with Crippen LogP contribution in [0.2, 0.25) is 0 Å². The van der Waals surface area contributed by atoms with Crippen LogP contribution in [0.1, 0.15) is 11.6 Å². The van der Waals surface area contributed by atoms with E-state index in [1.165, 1.54) is 0 Å². The number of halogens is 3. The van der Waals surface area contributed by atoms with Gasteiger partial charge in [-0.15, -0.1) is 0 Å². The Morgan fingerprint density at radius 3 is 2.17 bits per heavy atom. The minimum atomic E-state index is -4.44. The van der Waals surface area contributed by atoms with Crippen LogP contribution < -0.4 is 5.73 Å². The van der Waals surface area contributed by atoms with Crippen molar-refractivity contribution < 1.29 is 13.2 Å². The predicted octanol–water partition coefficient (Wildman–Crippen LogP) is 1.04. The maximum atomic E-state index is 12.0. The molecule has 0 aromatic carbocycles. The minimum Gasteiger partial charge on any atom is -0.316 e. The molecule has 1 atom stereocenters. The van der Waals surface area contributed by atoms with Gasteiger partial charge in [0.15, 0.2) is 0 Å². The van der Waals surface area contributed by atoms with Crippen molar-refractivity contribution in [2.75, 3.05) is 0 Å². The summed E-state index contributed by atoms with van der Waals surface area (Å²) in [5, 5.41) is 0. The summed E-state index contributed by atoms with van der Waals surface area (Å²) >= 11 is 0. The highest BCUT2D eigenvalue weighted by molar-refractivity contribution is 5.10. The van der Waals surface area contributed by atoms with Crippen molar-refractivity contribution in [1.82, 2.24) is 9.97 Å². The number of nitrogens with two attached hydrogens (primary N) is 1. The van der Waals surface area contributed by atoms with Gasteiger partial charge in [-0.2, -0.15) is 13.2 Å². The number of hydrogen-bond donors (Lipinski definition) is 1. The molecule has 0 aliphatic heterocycles. The Morgan fingerprint density at radius 2 is 1.75 bits per heavy atom. The number of nitrogens with zero attached hydrogens (tertiary/aromatic N) is 2. The Labute approximate surface area is 66.4 Å². The summed E-state index contributed by atoms with van der Waals surface area (Å²) in [6.07, 6.45) is -1.20. The monoisotopic (exact) mass is 177 g/mol. The molecule has 1 aromatic rings. The average Bonchev–Trinajstić information content (AvgIpc) is 2.03. The van der Waals surface area contributed by atoms with E-state index >= 15 is 0 Å². The molecule has 12 heavy (non-hydrogen) atoms. The molecular weight excluding hydrogens is 171 g/mol.